The van der Waals surface area contributed by atoms with Gasteiger partial charge in [-0.05, 0) is 25.7 Å². The molecule has 0 aromatic carbocycles. The van der Waals surface area contributed by atoms with Gasteiger partial charge in [0.25, 0.3) is 0 Å². The highest BCUT2D eigenvalue weighted by Gasteiger charge is 2.50. The number of carboxylic acids is 1. The van der Waals surface area contributed by atoms with E-state index in [9.17, 15) is 9.90 Å². The summed E-state index contributed by atoms with van der Waals surface area (Å²) in [6.07, 6.45) is 2.64. The lowest BCUT2D eigenvalue weighted by molar-refractivity contribution is -0.141. The van der Waals surface area contributed by atoms with Crippen LogP contribution in [0.25, 0.3) is 0 Å². The van der Waals surface area contributed by atoms with Gasteiger partial charge in [-0.2, -0.15) is 0 Å². The SMILES string of the molecule is CCC(O)(CC)CNC1(C(=O)O)CC1. The molecular weight excluding hydrogens is 182 g/mol. The molecule has 0 unspecified atom stereocenters. The Bertz CT molecular complexity index is 219. The fraction of sp³-hybridized carbons (Fsp3) is 0.900. The van der Waals surface area contributed by atoms with E-state index in [0.717, 1.165) is 0 Å². The average Bonchev–Trinajstić information content (AvgIpc) is 2.95. The predicted molar refractivity (Wildman–Crippen MR) is 53.1 cm³/mol. The second-order valence-corrected chi connectivity index (χ2v) is 4.17. The zero-order valence-electron chi connectivity index (χ0n) is 8.84. The van der Waals surface area contributed by atoms with Crippen molar-refractivity contribution in [1.29, 1.82) is 0 Å². The van der Waals surface area contributed by atoms with Crippen molar-refractivity contribution in [2.45, 2.75) is 50.7 Å². The highest BCUT2D eigenvalue weighted by atomic mass is 16.4. The average molecular weight is 201 g/mol. The van der Waals surface area contributed by atoms with Crippen molar-refractivity contribution in [1.82, 2.24) is 5.32 Å². The van der Waals surface area contributed by atoms with Gasteiger partial charge in [-0.1, -0.05) is 13.8 Å². The second-order valence-electron chi connectivity index (χ2n) is 4.17. The van der Waals surface area contributed by atoms with E-state index in [1.165, 1.54) is 0 Å². The van der Waals surface area contributed by atoms with Crippen LogP contribution in [0.5, 0.6) is 0 Å². The molecule has 0 aromatic heterocycles. The maximum atomic E-state index is 10.8. The molecule has 1 aliphatic carbocycles. The molecule has 0 aliphatic heterocycles. The minimum Gasteiger partial charge on any atom is -0.480 e. The number of carboxylic acid groups (broad SMARTS) is 1. The van der Waals surface area contributed by atoms with Crippen LogP contribution in [0.3, 0.4) is 0 Å². The van der Waals surface area contributed by atoms with Gasteiger partial charge in [-0.25, -0.2) is 0 Å². The molecule has 3 N–H and O–H groups in total. The van der Waals surface area contributed by atoms with Gasteiger partial charge in [-0.15, -0.1) is 0 Å². The van der Waals surface area contributed by atoms with E-state index < -0.39 is 17.1 Å². The van der Waals surface area contributed by atoms with E-state index in [4.69, 9.17) is 5.11 Å². The van der Waals surface area contributed by atoms with E-state index in [1.54, 1.807) is 0 Å². The molecule has 1 saturated carbocycles. The standard InChI is InChI=1S/C10H19NO3/c1-3-9(14,4-2)7-11-10(5-6-10)8(12)13/h11,14H,3-7H2,1-2H3,(H,12,13). The quantitative estimate of drug-likeness (QED) is 0.593. The molecule has 0 aromatic rings. The molecule has 82 valence electrons. The predicted octanol–water partition coefficient (Wildman–Crippen LogP) is 0.744. The molecule has 0 spiro atoms. The van der Waals surface area contributed by atoms with Crippen molar-refractivity contribution in [3.8, 4) is 0 Å². The van der Waals surface area contributed by atoms with Gasteiger partial charge in [0, 0.05) is 6.54 Å². The summed E-state index contributed by atoms with van der Waals surface area (Å²) in [5, 5.41) is 21.8. The lowest BCUT2D eigenvalue weighted by Gasteiger charge is -2.27. The van der Waals surface area contributed by atoms with Gasteiger partial charge < -0.3 is 10.2 Å². The Kier molecular flexibility index (Phi) is 3.17. The summed E-state index contributed by atoms with van der Waals surface area (Å²) in [5.74, 6) is -0.799. The molecule has 0 saturated heterocycles. The Morgan fingerprint density at radius 3 is 2.21 bits per heavy atom. The van der Waals surface area contributed by atoms with Crippen LogP contribution in [0.4, 0.5) is 0 Å². The molecule has 14 heavy (non-hydrogen) atoms. The Morgan fingerprint density at radius 1 is 1.43 bits per heavy atom. The first kappa shape index (κ1) is 11.5. The second kappa shape index (κ2) is 3.87. The van der Waals surface area contributed by atoms with Crippen LogP contribution in [0.1, 0.15) is 39.5 Å². The van der Waals surface area contributed by atoms with Crippen LogP contribution in [0.2, 0.25) is 0 Å². The normalized spacial score (nSPS) is 19.4. The zero-order chi connectivity index (χ0) is 10.8. The summed E-state index contributed by atoms with van der Waals surface area (Å²) in [6.45, 7) is 4.18. The number of β-amino-alcohol motifs (C(OH)–C–C–N with tert-alkyl or cyclic N) is 1. The van der Waals surface area contributed by atoms with Crippen molar-refractivity contribution in [3.63, 3.8) is 0 Å². The van der Waals surface area contributed by atoms with Gasteiger partial charge in [0.1, 0.15) is 5.54 Å². The highest BCUT2D eigenvalue weighted by Crippen LogP contribution is 2.36. The topological polar surface area (TPSA) is 69.6 Å². The molecule has 0 bridgehead atoms. The third kappa shape index (κ3) is 2.25. The Morgan fingerprint density at radius 2 is 1.93 bits per heavy atom. The summed E-state index contributed by atoms with van der Waals surface area (Å²) in [6, 6.07) is 0. The number of aliphatic hydroxyl groups is 1. The molecule has 0 radical (unpaired) electrons. The van der Waals surface area contributed by atoms with Crippen LogP contribution >= 0.6 is 0 Å². The molecule has 0 heterocycles. The summed E-state index contributed by atoms with van der Waals surface area (Å²) in [7, 11) is 0. The maximum absolute atomic E-state index is 10.8. The molecule has 0 amide bonds. The summed E-state index contributed by atoms with van der Waals surface area (Å²) >= 11 is 0. The van der Waals surface area contributed by atoms with Gasteiger partial charge in [0.05, 0.1) is 5.60 Å². The molecule has 4 nitrogen and oxygen atoms in total. The highest BCUT2D eigenvalue weighted by molar-refractivity contribution is 5.82. The summed E-state index contributed by atoms with van der Waals surface area (Å²) in [4.78, 5) is 10.8. The van der Waals surface area contributed by atoms with Crippen LogP contribution in [-0.2, 0) is 4.79 Å². The number of hydrogen-bond acceptors (Lipinski definition) is 3. The van der Waals surface area contributed by atoms with Gasteiger partial charge in [-0.3, -0.25) is 10.1 Å². The van der Waals surface area contributed by atoms with Gasteiger partial charge >= 0.3 is 5.97 Å². The van der Waals surface area contributed by atoms with E-state index in [2.05, 4.69) is 5.32 Å². The number of rotatable bonds is 6. The zero-order valence-corrected chi connectivity index (χ0v) is 8.84. The molecule has 1 rings (SSSR count). The number of nitrogens with one attached hydrogen (secondary N) is 1. The molecule has 4 heteroatoms. The third-order valence-electron chi connectivity index (χ3n) is 3.23. The number of hydrogen-bond donors (Lipinski definition) is 3. The monoisotopic (exact) mass is 201 g/mol. The van der Waals surface area contributed by atoms with Crippen molar-refractivity contribution < 1.29 is 15.0 Å². The lowest BCUT2D eigenvalue weighted by atomic mass is 9.97. The Labute approximate surface area is 84.3 Å². The smallest absolute Gasteiger partial charge is 0.323 e. The van der Waals surface area contributed by atoms with Crippen molar-refractivity contribution >= 4 is 5.97 Å². The van der Waals surface area contributed by atoms with Crippen molar-refractivity contribution in [3.05, 3.63) is 0 Å². The van der Waals surface area contributed by atoms with Crippen LogP contribution in [-0.4, -0.2) is 33.9 Å². The number of carbonyl (C=O) groups is 1. The van der Waals surface area contributed by atoms with Crippen LogP contribution in [0, 0.1) is 0 Å². The minimum atomic E-state index is -0.799. The minimum absolute atomic E-state index is 0.367. The molecular formula is C10H19NO3. The fourth-order valence-electron chi connectivity index (χ4n) is 1.42. The van der Waals surface area contributed by atoms with Gasteiger partial charge in [0.2, 0.25) is 0 Å². The fourth-order valence-corrected chi connectivity index (χ4v) is 1.42. The Hall–Kier alpha value is -0.610. The molecule has 0 atom stereocenters. The Balaban J connectivity index is 2.43. The molecule has 1 fully saturated rings. The van der Waals surface area contributed by atoms with Crippen LogP contribution in [0.15, 0.2) is 0 Å². The maximum Gasteiger partial charge on any atom is 0.323 e. The lowest BCUT2D eigenvalue weighted by Crippen LogP contribution is -2.48. The van der Waals surface area contributed by atoms with Gasteiger partial charge in [0.15, 0.2) is 0 Å². The van der Waals surface area contributed by atoms with Crippen LogP contribution < -0.4 is 5.32 Å². The first-order valence-corrected chi connectivity index (χ1v) is 5.19. The van der Waals surface area contributed by atoms with E-state index in [0.29, 0.717) is 32.2 Å². The van der Waals surface area contributed by atoms with E-state index in [-0.39, 0.29) is 0 Å². The van der Waals surface area contributed by atoms with E-state index in [1.807, 2.05) is 13.8 Å². The first-order chi connectivity index (χ1) is 6.48. The largest absolute Gasteiger partial charge is 0.480 e. The number of aliphatic carboxylic acids is 1. The van der Waals surface area contributed by atoms with Crippen molar-refractivity contribution in [2.24, 2.45) is 0 Å². The summed E-state index contributed by atoms with van der Waals surface area (Å²) < 4.78 is 0. The molecule has 1 aliphatic rings. The van der Waals surface area contributed by atoms with Crippen molar-refractivity contribution in [2.75, 3.05) is 6.54 Å². The first-order valence-electron chi connectivity index (χ1n) is 5.19. The third-order valence-corrected chi connectivity index (χ3v) is 3.23. The summed E-state index contributed by atoms with van der Waals surface area (Å²) in [5.41, 5.74) is -1.50. The van der Waals surface area contributed by atoms with E-state index >= 15 is 0 Å².